The minimum Gasteiger partial charge on any atom is -0.443 e. The van der Waals surface area contributed by atoms with E-state index in [1.54, 1.807) is 12.1 Å². The number of carbonyl (C=O) groups excluding carboxylic acids is 1. The Labute approximate surface area is 127 Å². The van der Waals surface area contributed by atoms with Gasteiger partial charge in [0, 0.05) is 23.7 Å². The summed E-state index contributed by atoms with van der Waals surface area (Å²) in [6.45, 7) is 3.25. The molecule has 1 atom stereocenters. The topological polar surface area (TPSA) is 58.4 Å². The number of amides is 1. The van der Waals surface area contributed by atoms with E-state index in [1.165, 1.54) is 19.2 Å². The molecule has 3 aliphatic rings. The van der Waals surface area contributed by atoms with Crippen LogP contribution in [0.1, 0.15) is 23.2 Å². The third kappa shape index (κ3) is 2.30. The van der Waals surface area contributed by atoms with E-state index < -0.39 is 0 Å². The summed E-state index contributed by atoms with van der Waals surface area (Å²) in [7, 11) is 0. The number of hydrogen-bond donors (Lipinski definition) is 1. The molecule has 5 rings (SSSR count). The Morgan fingerprint density at radius 2 is 2.19 bits per heavy atom. The molecule has 4 heterocycles. The summed E-state index contributed by atoms with van der Waals surface area (Å²) in [5, 5.41) is 3.64. The van der Waals surface area contributed by atoms with Crippen LogP contribution in [0.5, 0.6) is 0 Å². The molecule has 0 spiro atoms. The van der Waals surface area contributed by atoms with Crippen LogP contribution in [0.2, 0.25) is 5.02 Å². The fraction of sp³-hybridized carbons (Fsp3) is 0.467. The first-order chi connectivity index (χ1) is 10.2. The lowest BCUT2D eigenvalue weighted by molar-refractivity contribution is 0.0621. The van der Waals surface area contributed by atoms with Gasteiger partial charge >= 0.3 is 0 Å². The van der Waals surface area contributed by atoms with Crippen LogP contribution in [0.25, 0.3) is 11.1 Å². The van der Waals surface area contributed by atoms with Gasteiger partial charge in [0.2, 0.25) is 0 Å². The lowest BCUT2D eigenvalue weighted by Crippen LogP contribution is -2.57. The van der Waals surface area contributed by atoms with Crippen molar-refractivity contribution in [2.45, 2.75) is 18.9 Å². The minimum absolute atomic E-state index is 0.116. The van der Waals surface area contributed by atoms with Crippen molar-refractivity contribution < 1.29 is 9.21 Å². The number of nitrogens with zero attached hydrogens (tertiary/aromatic N) is 2. The standard InChI is InChI=1S/C15H16ClN3O2/c16-10-5-11(14-13(6-10)21-8-17-14)15(20)18-12-7-19-3-1-9(12)2-4-19/h5-6,8-9,12H,1-4,7H2,(H,18,20). The zero-order chi connectivity index (χ0) is 14.4. The number of nitrogens with one attached hydrogen (secondary N) is 1. The number of carbonyl (C=O) groups is 1. The maximum Gasteiger partial charge on any atom is 0.253 e. The third-order valence-corrected chi connectivity index (χ3v) is 4.84. The molecule has 3 saturated heterocycles. The summed E-state index contributed by atoms with van der Waals surface area (Å²) in [6.07, 6.45) is 3.67. The Morgan fingerprint density at radius 1 is 1.38 bits per heavy atom. The van der Waals surface area contributed by atoms with Crippen molar-refractivity contribution in [2.75, 3.05) is 19.6 Å². The number of benzene rings is 1. The van der Waals surface area contributed by atoms with Crippen molar-refractivity contribution in [3.8, 4) is 0 Å². The van der Waals surface area contributed by atoms with Crippen molar-refractivity contribution >= 4 is 28.6 Å². The number of hydrogen-bond acceptors (Lipinski definition) is 4. The molecule has 1 aromatic heterocycles. The fourth-order valence-corrected chi connectivity index (χ4v) is 3.69. The van der Waals surface area contributed by atoms with E-state index >= 15 is 0 Å². The molecular formula is C15H16ClN3O2. The van der Waals surface area contributed by atoms with Gasteiger partial charge in [-0.3, -0.25) is 4.79 Å². The van der Waals surface area contributed by atoms with Gasteiger partial charge < -0.3 is 14.6 Å². The van der Waals surface area contributed by atoms with Gasteiger partial charge in [-0.2, -0.15) is 0 Å². The molecule has 0 aliphatic carbocycles. The van der Waals surface area contributed by atoms with Crippen molar-refractivity contribution in [1.82, 2.24) is 15.2 Å². The summed E-state index contributed by atoms with van der Waals surface area (Å²) in [5.74, 6) is 0.473. The Morgan fingerprint density at radius 3 is 2.90 bits per heavy atom. The molecule has 1 amide bonds. The lowest BCUT2D eigenvalue weighted by Gasteiger charge is -2.44. The van der Waals surface area contributed by atoms with Crippen LogP contribution >= 0.6 is 11.6 Å². The summed E-state index contributed by atoms with van der Waals surface area (Å²) in [4.78, 5) is 19.1. The Kier molecular flexibility index (Phi) is 3.12. The van der Waals surface area contributed by atoms with E-state index in [1.807, 2.05) is 0 Å². The predicted octanol–water partition coefficient (Wildman–Crippen LogP) is 2.31. The minimum atomic E-state index is -0.116. The first-order valence-corrected chi connectivity index (χ1v) is 7.64. The van der Waals surface area contributed by atoms with Crippen molar-refractivity contribution in [2.24, 2.45) is 5.92 Å². The molecule has 6 heteroatoms. The normalized spacial score (nSPS) is 28.0. The van der Waals surface area contributed by atoms with Crippen molar-refractivity contribution in [1.29, 1.82) is 0 Å². The molecule has 0 radical (unpaired) electrons. The number of oxazole rings is 1. The largest absolute Gasteiger partial charge is 0.443 e. The van der Waals surface area contributed by atoms with Gasteiger partial charge in [0.05, 0.1) is 5.56 Å². The first kappa shape index (κ1) is 13.1. The molecule has 1 N–H and O–H groups in total. The van der Waals surface area contributed by atoms with E-state index in [0.717, 1.165) is 19.6 Å². The zero-order valence-electron chi connectivity index (χ0n) is 11.5. The number of rotatable bonds is 2. The van der Waals surface area contributed by atoms with Crippen LogP contribution in [-0.2, 0) is 0 Å². The summed E-state index contributed by atoms with van der Waals surface area (Å²) >= 11 is 6.05. The Bertz CT molecular complexity index is 691. The van der Waals surface area contributed by atoms with Gasteiger partial charge in [0.1, 0.15) is 5.52 Å². The quantitative estimate of drug-likeness (QED) is 0.925. The number of fused-ring (bicyclic) bond motifs is 4. The number of halogens is 1. The lowest BCUT2D eigenvalue weighted by atomic mass is 9.84. The van der Waals surface area contributed by atoms with E-state index in [0.29, 0.717) is 27.6 Å². The van der Waals surface area contributed by atoms with Crippen molar-refractivity contribution in [3.63, 3.8) is 0 Å². The van der Waals surface area contributed by atoms with Crippen molar-refractivity contribution in [3.05, 3.63) is 29.1 Å². The van der Waals surface area contributed by atoms with Crippen LogP contribution in [0.15, 0.2) is 22.9 Å². The molecular weight excluding hydrogens is 290 g/mol. The second kappa shape index (κ2) is 5.00. The average Bonchev–Trinajstić information content (AvgIpc) is 2.95. The molecule has 2 bridgehead atoms. The smallest absolute Gasteiger partial charge is 0.253 e. The van der Waals surface area contributed by atoms with Gasteiger partial charge in [-0.1, -0.05) is 11.6 Å². The summed E-state index contributed by atoms with van der Waals surface area (Å²) in [6, 6.07) is 3.55. The highest BCUT2D eigenvalue weighted by atomic mass is 35.5. The molecule has 5 nitrogen and oxygen atoms in total. The maximum atomic E-state index is 12.6. The van der Waals surface area contributed by atoms with Crippen LogP contribution in [0.3, 0.4) is 0 Å². The summed E-state index contributed by atoms with van der Waals surface area (Å²) in [5.41, 5.74) is 1.60. The van der Waals surface area contributed by atoms with E-state index in [-0.39, 0.29) is 11.9 Å². The van der Waals surface area contributed by atoms with Gasteiger partial charge in [-0.15, -0.1) is 0 Å². The van der Waals surface area contributed by atoms with Gasteiger partial charge in [0.25, 0.3) is 5.91 Å². The van der Waals surface area contributed by atoms with E-state index in [2.05, 4.69) is 15.2 Å². The van der Waals surface area contributed by atoms with E-state index in [9.17, 15) is 4.79 Å². The highest BCUT2D eigenvalue weighted by Gasteiger charge is 2.35. The molecule has 21 heavy (non-hydrogen) atoms. The van der Waals surface area contributed by atoms with Gasteiger partial charge in [0.15, 0.2) is 12.0 Å². The molecule has 110 valence electrons. The maximum absolute atomic E-state index is 12.6. The molecule has 1 unspecified atom stereocenters. The van der Waals surface area contributed by atoms with Gasteiger partial charge in [-0.25, -0.2) is 4.98 Å². The second-order valence-electron chi connectivity index (χ2n) is 5.87. The molecule has 3 aliphatic heterocycles. The molecule has 2 aromatic rings. The first-order valence-electron chi connectivity index (χ1n) is 7.26. The van der Waals surface area contributed by atoms with E-state index in [4.69, 9.17) is 16.0 Å². The van der Waals surface area contributed by atoms with Crippen LogP contribution < -0.4 is 5.32 Å². The third-order valence-electron chi connectivity index (χ3n) is 4.62. The Balaban J connectivity index is 1.60. The average molecular weight is 306 g/mol. The zero-order valence-corrected chi connectivity index (χ0v) is 12.3. The molecule has 1 aromatic carbocycles. The second-order valence-corrected chi connectivity index (χ2v) is 6.31. The monoisotopic (exact) mass is 305 g/mol. The van der Waals surface area contributed by atoms with Gasteiger partial charge in [-0.05, 0) is 37.9 Å². The highest BCUT2D eigenvalue weighted by Crippen LogP contribution is 2.28. The fourth-order valence-electron chi connectivity index (χ4n) is 3.48. The Hall–Kier alpha value is -1.59. The number of aromatic nitrogens is 1. The van der Waals surface area contributed by atoms with Crippen LogP contribution in [0.4, 0.5) is 0 Å². The summed E-state index contributed by atoms with van der Waals surface area (Å²) < 4.78 is 5.25. The SMILES string of the molecule is O=C(NC1CN2CCC1CC2)c1cc(Cl)cc2ocnc12. The predicted molar refractivity (Wildman–Crippen MR) is 79.4 cm³/mol. The number of piperidine rings is 3. The molecule has 0 saturated carbocycles. The van der Waals surface area contributed by atoms with Crippen LogP contribution in [-0.4, -0.2) is 41.5 Å². The van der Waals surface area contributed by atoms with Crippen LogP contribution in [0, 0.1) is 5.92 Å². The molecule has 3 fully saturated rings. The highest BCUT2D eigenvalue weighted by molar-refractivity contribution is 6.32.